The van der Waals surface area contributed by atoms with Gasteiger partial charge in [-0.25, -0.2) is 0 Å². The third-order valence-corrected chi connectivity index (χ3v) is 4.02. The highest BCUT2D eigenvalue weighted by atomic mass is 16.5. The fourth-order valence-corrected chi connectivity index (χ4v) is 3.44. The lowest BCUT2D eigenvalue weighted by molar-refractivity contribution is -0.193. The molecule has 4 aliphatic rings. The number of hydrogen-bond donors (Lipinski definition) is 0. The Hall–Kier alpha value is -0.120. The van der Waals surface area contributed by atoms with E-state index in [1.807, 2.05) is 0 Å². The summed E-state index contributed by atoms with van der Waals surface area (Å²) in [6.45, 7) is 8.38. The van der Waals surface area contributed by atoms with Crippen LogP contribution >= 0.6 is 0 Å². The molecule has 2 unspecified atom stereocenters. The highest BCUT2D eigenvalue weighted by Crippen LogP contribution is 2.42. The van der Waals surface area contributed by atoms with Gasteiger partial charge in [0.2, 0.25) is 0 Å². The van der Waals surface area contributed by atoms with Crippen LogP contribution in [0.5, 0.6) is 0 Å². The first-order valence-electron chi connectivity index (χ1n) is 6.56. The molecule has 92 valence electrons. The van der Waals surface area contributed by atoms with Crippen LogP contribution < -0.4 is 0 Å². The Balaban J connectivity index is 1.55. The molecular weight excluding hydrogens is 202 g/mol. The lowest BCUT2D eigenvalue weighted by atomic mass is 9.76. The molecule has 4 rings (SSSR count). The summed E-state index contributed by atoms with van der Waals surface area (Å²) in [5.41, 5.74) is 0.0128. The Morgan fingerprint density at radius 1 is 1.00 bits per heavy atom. The van der Waals surface area contributed by atoms with Gasteiger partial charge in [-0.1, -0.05) is 0 Å². The number of nitrogens with zero attached hydrogens (tertiary/aromatic N) is 1. The number of fused-ring (bicyclic) bond motifs is 2. The molecule has 0 amide bonds. The summed E-state index contributed by atoms with van der Waals surface area (Å²) in [6.07, 6.45) is 4.33. The van der Waals surface area contributed by atoms with Crippen LogP contribution in [-0.4, -0.2) is 47.9 Å². The van der Waals surface area contributed by atoms with Crippen molar-refractivity contribution in [3.8, 4) is 0 Å². The maximum Gasteiger partial charge on any atom is 0.0645 e. The molecule has 3 aliphatic heterocycles. The number of piperidine rings is 1. The second-order valence-electron chi connectivity index (χ2n) is 6.51. The van der Waals surface area contributed by atoms with Crippen LogP contribution in [0.25, 0.3) is 0 Å². The molecular formula is C13H23NO2. The highest BCUT2D eigenvalue weighted by Gasteiger charge is 2.50. The minimum absolute atomic E-state index is 0.0128. The molecule has 1 saturated carbocycles. The average Bonchev–Trinajstić information content (AvgIpc) is 2.08. The van der Waals surface area contributed by atoms with Gasteiger partial charge < -0.3 is 9.47 Å². The van der Waals surface area contributed by atoms with Crippen molar-refractivity contribution in [3.05, 3.63) is 0 Å². The summed E-state index contributed by atoms with van der Waals surface area (Å²) in [5, 5.41) is 0. The minimum Gasteiger partial charge on any atom is -0.378 e. The smallest absolute Gasteiger partial charge is 0.0645 e. The van der Waals surface area contributed by atoms with E-state index in [0.717, 1.165) is 31.3 Å². The van der Waals surface area contributed by atoms with Gasteiger partial charge in [-0.2, -0.15) is 0 Å². The SMILES string of the molecule is CC(C)(C)OC1CC2CC(C1)N2C1COC1. The minimum atomic E-state index is 0.0128. The lowest BCUT2D eigenvalue weighted by Crippen LogP contribution is -2.69. The molecule has 3 heteroatoms. The Labute approximate surface area is 98.1 Å². The molecule has 16 heavy (non-hydrogen) atoms. The number of rotatable bonds is 2. The second-order valence-corrected chi connectivity index (χ2v) is 6.51. The van der Waals surface area contributed by atoms with Crippen LogP contribution in [0.15, 0.2) is 0 Å². The second kappa shape index (κ2) is 3.69. The van der Waals surface area contributed by atoms with Crippen molar-refractivity contribution >= 4 is 0 Å². The molecule has 0 spiro atoms. The summed E-state index contributed by atoms with van der Waals surface area (Å²) in [4.78, 5) is 2.69. The summed E-state index contributed by atoms with van der Waals surface area (Å²) in [6, 6.07) is 2.28. The van der Waals surface area contributed by atoms with E-state index < -0.39 is 0 Å². The van der Waals surface area contributed by atoms with Crippen molar-refractivity contribution < 1.29 is 9.47 Å². The Morgan fingerprint density at radius 2 is 1.62 bits per heavy atom. The average molecular weight is 225 g/mol. The molecule has 0 aromatic carbocycles. The molecule has 2 atom stereocenters. The van der Waals surface area contributed by atoms with Crippen LogP contribution in [0.1, 0.15) is 40.0 Å². The topological polar surface area (TPSA) is 21.7 Å². The van der Waals surface area contributed by atoms with E-state index in [-0.39, 0.29) is 5.60 Å². The van der Waals surface area contributed by atoms with Gasteiger partial charge >= 0.3 is 0 Å². The molecule has 1 aliphatic carbocycles. The molecule has 2 bridgehead atoms. The van der Waals surface area contributed by atoms with E-state index in [2.05, 4.69) is 25.7 Å². The first kappa shape index (κ1) is 11.0. The maximum absolute atomic E-state index is 6.10. The van der Waals surface area contributed by atoms with Crippen LogP contribution in [0.2, 0.25) is 0 Å². The zero-order chi connectivity index (χ0) is 11.3. The zero-order valence-electron chi connectivity index (χ0n) is 10.6. The van der Waals surface area contributed by atoms with Crippen molar-refractivity contribution in [2.45, 2.75) is 69.9 Å². The molecule has 0 aromatic rings. The van der Waals surface area contributed by atoms with Crippen LogP contribution in [-0.2, 0) is 9.47 Å². The van der Waals surface area contributed by atoms with Gasteiger partial charge in [0.15, 0.2) is 0 Å². The molecule has 3 heterocycles. The first-order chi connectivity index (χ1) is 7.53. The van der Waals surface area contributed by atoms with Crippen molar-refractivity contribution in [2.75, 3.05) is 13.2 Å². The summed E-state index contributed by atoms with van der Waals surface area (Å²) in [7, 11) is 0. The summed E-state index contributed by atoms with van der Waals surface area (Å²) >= 11 is 0. The van der Waals surface area contributed by atoms with Gasteiger partial charge in [-0.15, -0.1) is 0 Å². The molecule has 0 N–H and O–H groups in total. The number of ether oxygens (including phenoxy) is 2. The van der Waals surface area contributed by atoms with E-state index in [0.29, 0.717) is 6.10 Å². The highest BCUT2D eigenvalue weighted by molar-refractivity contribution is 5.04. The van der Waals surface area contributed by atoms with Crippen molar-refractivity contribution in [2.24, 2.45) is 0 Å². The standard InChI is InChI=1S/C13H23NO2/c1-13(2,3)16-12-5-9-4-10(6-12)14(9)11-7-15-8-11/h9-12H,4-8H2,1-3H3. The van der Waals surface area contributed by atoms with Crippen LogP contribution in [0, 0.1) is 0 Å². The van der Waals surface area contributed by atoms with Crippen molar-refractivity contribution in [1.29, 1.82) is 0 Å². The van der Waals surface area contributed by atoms with E-state index >= 15 is 0 Å². The quantitative estimate of drug-likeness (QED) is 0.715. The van der Waals surface area contributed by atoms with Gasteiger partial charge in [-0.3, -0.25) is 4.90 Å². The third-order valence-electron chi connectivity index (χ3n) is 4.02. The van der Waals surface area contributed by atoms with Gasteiger partial charge in [-0.05, 0) is 40.0 Å². The normalized spacial score (nSPS) is 40.3. The predicted molar refractivity (Wildman–Crippen MR) is 62.5 cm³/mol. The fourth-order valence-electron chi connectivity index (χ4n) is 3.44. The van der Waals surface area contributed by atoms with E-state index in [1.54, 1.807) is 0 Å². The molecule has 0 radical (unpaired) electrons. The van der Waals surface area contributed by atoms with Crippen molar-refractivity contribution in [3.63, 3.8) is 0 Å². The monoisotopic (exact) mass is 225 g/mol. The lowest BCUT2D eigenvalue weighted by Gasteiger charge is -2.60. The predicted octanol–water partition coefficient (Wildman–Crippen LogP) is 1.81. The molecule has 3 saturated heterocycles. The summed E-state index contributed by atoms with van der Waals surface area (Å²) in [5.74, 6) is 0. The Kier molecular flexibility index (Phi) is 2.54. The van der Waals surface area contributed by atoms with Gasteiger partial charge in [0.05, 0.1) is 31.0 Å². The van der Waals surface area contributed by atoms with Gasteiger partial charge in [0, 0.05) is 12.1 Å². The van der Waals surface area contributed by atoms with Crippen molar-refractivity contribution in [1.82, 2.24) is 4.90 Å². The van der Waals surface area contributed by atoms with Gasteiger partial charge in [0.1, 0.15) is 0 Å². The molecule has 3 nitrogen and oxygen atoms in total. The van der Waals surface area contributed by atoms with E-state index in [4.69, 9.17) is 9.47 Å². The largest absolute Gasteiger partial charge is 0.378 e. The Morgan fingerprint density at radius 3 is 2.06 bits per heavy atom. The van der Waals surface area contributed by atoms with E-state index in [9.17, 15) is 0 Å². The summed E-state index contributed by atoms with van der Waals surface area (Å²) < 4.78 is 11.4. The maximum atomic E-state index is 6.10. The van der Waals surface area contributed by atoms with Crippen LogP contribution in [0.3, 0.4) is 0 Å². The van der Waals surface area contributed by atoms with Gasteiger partial charge in [0.25, 0.3) is 0 Å². The molecule has 0 aromatic heterocycles. The zero-order valence-corrected chi connectivity index (χ0v) is 10.6. The Bertz CT molecular complexity index is 258. The first-order valence-corrected chi connectivity index (χ1v) is 6.56. The third kappa shape index (κ3) is 1.89. The fraction of sp³-hybridized carbons (Fsp3) is 1.00. The van der Waals surface area contributed by atoms with Crippen LogP contribution in [0.4, 0.5) is 0 Å². The van der Waals surface area contributed by atoms with E-state index in [1.165, 1.54) is 19.3 Å². The number of hydrogen-bond acceptors (Lipinski definition) is 3. The molecule has 4 fully saturated rings.